The van der Waals surface area contributed by atoms with Crippen molar-refractivity contribution in [3.8, 4) is 6.07 Å². The summed E-state index contributed by atoms with van der Waals surface area (Å²) in [5.74, 6) is 0. The molecule has 0 bridgehead atoms. The third-order valence-electron chi connectivity index (χ3n) is 3.28. The summed E-state index contributed by atoms with van der Waals surface area (Å²) >= 11 is 1.14. The first-order valence-corrected chi connectivity index (χ1v) is 11.3. The topological polar surface area (TPSA) is 107 Å². The Kier molecular flexibility index (Phi) is 5.84. The van der Waals surface area contributed by atoms with Crippen LogP contribution in [-0.2, 0) is 20.0 Å². The first-order valence-electron chi connectivity index (χ1n) is 7.18. The second-order valence-corrected chi connectivity index (χ2v) is 10.4. The summed E-state index contributed by atoms with van der Waals surface area (Å²) in [4.78, 5) is 0.862. The Bertz CT molecular complexity index is 1000. The van der Waals surface area contributed by atoms with E-state index in [2.05, 4.69) is 4.72 Å². The highest BCUT2D eigenvalue weighted by Gasteiger charge is 2.22. The van der Waals surface area contributed by atoms with E-state index in [0.29, 0.717) is 0 Å². The molecule has 0 unspecified atom stereocenters. The molecule has 134 valence electrons. The molecule has 10 heteroatoms. The van der Waals surface area contributed by atoms with Crippen LogP contribution in [0.3, 0.4) is 0 Å². The number of benzene rings is 1. The number of rotatable bonds is 7. The largest absolute Gasteiger partial charge is 0.268 e. The van der Waals surface area contributed by atoms with Crippen LogP contribution in [0.4, 0.5) is 5.69 Å². The Morgan fingerprint density at radius 1 is 1.16 bits per heavy atom. The van der Waals surface area contributed by atoms with Gasteiger partial charge in [-0.05, 0) is 31.2 Å². The summed E-state index contributed by atoms with van der Waals surface area (Å²) in [6.07, 6.45) is 1.01. The molecule has 0 saturated carbocycles. The number of nitrogens with zero attached hydrogens (tertiary/aromatic N) is 2. The fourth-order valence-corrected chi connectivity index (χ4v) is 5.45. The summed E-state index contributed by atoms with van der Waals surface area (Å²) in [6, 6.07) is 11.4. The maximum Gasteiger partial charge on any atom is 0.250 e. The highest BCUT2D eigenvalue weighted by atomic mass is 32.2. The van der Waals surface area contributed by atoms with Gasteiger partial charge in [-0.1, -0.05) is 12.1 Å². The molecule has 25 heavy (non-hydrogen) atoms. The summed E-state index contributed by atoms with van der Waals surface area (Å²) < 4.78 is 52.2. The van der Waals surface area contributed by atoms with Crippen molar-refractivity contribution in [1.82, 2.24) is 4.72 Å². The third-order valence-corrected chi connectivity index (χ3v) is 7.41. The lowest BCUT2D eigenvalue weighted by Crippen LogP contribution is -2.38. The van der Waals surface area contributed by atoms with Crippen LogP contribution in [0.15, 0.2) is 40.6 Å². The van der Waals surface area contributed by atoms with Gasteiger partial charge in [0.25, 0.3) is 0 Å². The van der Waals surface area contributed by atoms with Gasteiger partial charge in [0.2, 0.25) is 20.0 Å². The van der Waals surface area contributed by atoms with Crippen LogP contribution in [0.25, 0.3) is 0 Å². The number of nitrogens with one attached hydrogen (secondary N) is 1. The molecule has 2 aromatic rings. The first kappa shape index (κ1) is 19.4. The second-order valence-electron chi connectivity index (χ2n) is 5.23. The summed E-state index contributed by atoms with van der Waals surface area (Å²) in [7, 11) is -7.38. The normalized spacial score (nSPS) is 11.9. The number of anilines is 1. The van der Waals surface area contributed by atoms with E-state index in [1.165, 1.54) is 18.2 Å². The molecule has 0 aliphatic heterocycles. The lowest BCUT2D eigenvalue weighted by atomic mass is 10.2. The Balaban J connectivity index is 2.19. The zero-order valence-corrected chi connectivity index (χ0v) is 16.1. The van der Waals surface area contributed by atoms with E-state index in [0.717, 1.165) is 26.8 Å². The van der Waals surface area contributed by atoms with Gasteiger partial charge in [-0.25, -0.2) is 21.6 Å². The van der Waals surface area contributed by atoms with E-state index in [1.54, 1.807) is 25.1 Å². The average molecular weight is 400 g/mol. The van der Waals surface area contributed by atoms with Crippen LogP contribution >= 0.6 is 11.3 Å². The molecule has 0 amide bonds. The lowest BCUT2D eigenvalue weighted by Gasteiger charge is -2.23. The maximum absolute atomic E-state index is 12.2. The number of hydrogen-bond donors (Lipinski definition) is 1. The smallest absolute Gasteiger partial charge is 0.250 e. The summed E-state index contributed by atoms with van der Waals surface area (Å²) in [5, 5.41) is 9.16. The predicted molar refractivity (Wildman–Crippen MR) is 97.6 cm³/mol. The van der Waals surface area contributed by atoms with E-state index in [4.69, 9.17) is 5.26 Å². The van der Waals surface area contributed by atoms with Crippen molar-refractivity contribution in [2.45, 2.75) is 11.1 Å². The van der Waals surface area contributed by atoms with Crippen molar-refractivity contribution in [1.29, 1.82) is 5.26 Å². The van der Waals surface area contributed by atoms with Gasteiger partial charge in [0.05, 0.1) is 17.5 Å². The molecule has 2 rings (SSSR count). The van der Waals surface area contributed by atoms with Gasteiger partial charge in [0.15, 0.2) is 0 Å². The van der Waals surface area contributed by atoms with Gasteiger partial charge in [0, 0.05) is 18.0 Å². The molecule has 1 heterocycles. The van der Waals surface area contributed by atoms with E-state index in [1.807, 2.05) is 6.07 Å². The molecule has 0 aliphatic carbocycles. The molecular formula is C15H17N3O4S3. The van der Waals surface area contributed by atoms with Crippen molar-refractivity contribution >= 4 is 37.1 Å². The maximum atomic E-state index is 12.2. The van der Waals surface area contributed by atoms with E-state index in [9.17, 15) is 16.8 Å². The van der Waals surface area contributed by atoms with Crippen molar-refractivity contribution in [3.05, 3.63) is 46.8 Å². The molecule has 0 radical (unpaired) electrons. The Hall–Kier alpha value is -1.93. The van der Waals surface area contributed by atoms with Gasteiger partial charge >= 0.3 is 0 Å². The minimum atomic E-state index is -3.70. The van der Waals surface area contributed by atoms with Crippen molar-refractivity contribution in [2.24, 2.45) is 0 Å². The highest BCUT2D eigenvalue weighted by Crippen LogP contribution is 2.22. The van der Waals surface area contributed by atoms with Gasteiger partial charge in [0.1, 0.15) is 10.3 Å². The summed E-state index contributed by atoms with van der Waals surface area (Å²) in [6.45, 7) is 1.56. The molecule has 0 spiro atoms. The van der Waals surface area contributed by atoms with Crippen molar-refractivity contribution in [2.75, 3.05) is 23.7 Å². The number of hydrogen-bond acceptors (Lipinski definition) is 6. The molecular weight excluding hydrogens is 382 g/mol. The SMILES string of the molecule is Cc1ccc(S(=O)(=O)NCCN(c2ccccc2C#N)S(C)(=O)=O)s1. The van der Waals surface area contributed by atoms with Crippen LogP contribution in [0.1, 0.15) is 10.4 Å². The predicted octanol–water partition coefficient (Wildman–Crippen LogP) is 1.67. The fourth-order valence-electron chi connectivity index (χ4n) is 2.16. The first-order chi connectivity index (χ1) is 11.6. The molecule has 7 nitrogen and oxygen atoms in total. The van der Waals surface area contributed by atoms with Crippen LogP contribution in [-0.4, -0.2) is 36.2 Å². The number of nitriles is 1. The number of sulfonamides is 2. The fraction of sp³-hybridized carbons (Fsp3) is 0.267. The minimum Gasteiger partial charge on any atom is -0.268 e. The zero-order valence-electron chi connectivity index (χ0n) is 13.6. The summed E-state index contributed by atoms with van der Waals surface area (Å²) in [5.41, 5.74) is 0.420. The molecule has 1 N–H and O–H groups in total. The van der Waals surface area contributed by atoms with Gasteiger partial charge in [-0.15, -0.1) is 11.3 Å². The number of thiophene rings is 1. The quantitative estimate of drug-likeness (QED) is 0.762. The van der Waals surface area contributed by atoms with Crippen LogP contribution in [0, 0.1) is 18.3 Å². The van der Waals surface area contributed by atoms with Gasteiger partial charge in [-0.3, -0.25) is 4.31 Å². The van der Waals surface area contributed by atoms with Crippen LogP contribution in [0.2, 0.25) is 0 Å². The van der Waals surface area contributed by atoms with Crippen LogP contribution < -0.4 is 9.03 Å². The average Bonchev–Trinajstić information content (AvgIpc) is 2.98. The van der Waals surface area contributed by atoms with E-state index >= 15 is 0 Å². The van der Waals surface area contributed by atoms with E-state index in [-0.39, 0.29) is 28.5 Å². The second kappa shape index (κ2) is 7.53. The molecule has 0 fully saturated rings. The highest BCUT2D eigenvalue weighted by molar-refractivity contribution is 7.92. The minimum absolute atomic E-state index is 0.119. The van der Waals surface area contributed by atoms with Crippen LogP contribution in [0.5, 0.6) is 0 Å². The van der Waals surface area contributed by atoms with Gasteiger partial charge < -0.3 is 0 Å². The van der Waals surface area contributed by atoms with Crippen molar-refractivity contribution in [3.63, 3.8) is 0 Å². The standard InChI is InChI=1S/C15H17N3O4S3/c1-12-7-8-15(23-12)25(21,22)17-9-10-18(24(2,19)20)14-6-4-3-5-13(14)11-16/h3-8,17H,9-10H2,1-2H3. The molecule has 1 aromatic heterocycles. The Morgan fingerprint density at radius 3 is 2.40 bits per heavy atom. The van der Waals surface area contributed by atoms with Gasteiger partial charge in [-0.2, -0.15) is 5.26 Å². The Labute approximate surface area is 151 Å². The van der Waals surface area contributed by atoms with E-state index < -0.39 is 20.0 Å². The molecule has 0 aliphatic rings. The molecule has 0 atom stereocenters. The molecule has 1 aromatic carbocycles. The number of aryl methyl sites for hydroxylation is 1. The Morgan fingerprint density at radius 2 is 1.84 bits per heavy atom. The monoisotopic (exact) mass is 399 g/mol. The number of para-hydroxylation sites is 1. The van der Waals surface area contributed by atoms with Crippen molar-refractivity contribution < 1.29 is 16.8 Å². The zero-order chi connectivity index (χ0) is 18.7. The molecule has 0 saturated heterocycles. The third kappa shape index (κ3) is 4.79. The lowest BCUT2D eigenvalue weighted by molar-refractivity contribution is 0.580.